The molecule has 0 amide bonds. The van der Waals surface area contributed by atoms with E-state index in [4.69, 9.17) is 9.47 Å². The lowest BCUT2D eigenvalue weighted by Crippen LogP contribution is -2.28. The lowest BCUT2D eigenvalue weighted by molar-refractivity contribution is -0.141. The molecule has 3 nitrogen and oxygen atoms in total. The van der Waals surface area contributed by atoms with E-state index < -0.39 is 6.29 Å². The molecule has 1 atom stereocenters. The molecule has 0 fully saturated rings. The van der Waals surface area contributed by atoms with Gasteiger partial charge in [-0.1, -0.05) is 15.9 Å². The van der Waals surface area contributed by atoms with E-state index in [1.54, 1.807) is 0 Å². The molecule has 0 N–H and O–H groups in total. The van der Waals surface area contributed by atoms with Gasteiger partial charge in [-0.3, -0.25) is 0 Å². The third-order valence-electron chi connectivity index (χ3n) is 1.05. The molecule has 0 aromatic carbocycles. The van der Waals surface area contributed by atoms with Gasteiger partial charge in [0.25, 0.3) is 0 Å². The molecule has 0 aliphatic rings. The Morgan fingerprint density at radius 1 is 1.36 bits per heavy atom. The van der Waals surface area contributed by atoms with Gasteiger partial charge in [-0.2, -0.15) is 0 Å². The zero-order chi connectivity index (χ0) is 8.69. The van der Waals surface area contributed by atoms with E-state index in [9.17, 15) is 4.79 Å². The normalized spacial score (nSPS) is 13.5. The fraction of sp³-hybridized carbons (Fsp3) is 0.857. The monoisotopic (exact) mass is 224 g/mol. The summed E-state index contributed by atoms with van der Waals surface area (Å²) in [5, 5.41) is 0. The van der Waals surface area contributed by atoms with Crippen LogP contribution in [0.1, 0.15) is 13.8 Å². The van der Waals surface area contributed by atoms with Gasteiger partial charge in [0.2, 0.25) is 0 Å². The fourth-order valence-electron chi connectivity index (χ4n) is 0.625. The third-order valence-corrected chi connectivity index (χ3v) is 1.70. The molecule has 0 aromatic rings. The largest absolute Gasteiger partial charge is 0.351 e. The standard InChI is InChI=1S/C7H13BrO3/c1-3-10-7(11-4-2)6(8)5-9/h5-7H,3-4H2,1-2H3. The molecule has 1 unspecified atom stereocenters. The van der Waals surface area contributed by atoms with Crippen molar-refractivity contribution in [1.82, 2.24) is 0 Å². The Morgan fingerprint density at radius 3 is 2.09 bits per heavy atom. The van der Waals surface area contributed by atoms with Crippen molar-refractivity contribution in [2.24, 2.45) is 0 Å². The molecule has 0 aromatic heterocycles. The summed E-state index contributed by atoms with van der Waals surface area (Å²) in [6.07, 6.45) is 0.304. The van der Waals surface area contributed by atoms with Crippen molar-refractivity contribution < 1.29 is 14.3 Å². The molecule has 0 bridgehead atoms. The second kappa shape index (κ2) is 6.76. The Hall–Kier alpha value is 0.0700. The molecule has 0 aliphatic carbocycles. The SMILES string of the molecule is CCOC(OCC)C(Br)C=O. The van der Waals surface area contributed by atoms with Crippen LogP contribution in [-0.2, 0) is 14.3 Å². The van der Waals surface area contributed by atoms with Crippen LogP contribution in [-0.4, -0.2) is 30.6 Å². The van der Waals surface area contributed by atoms with Crippen molar-refractivity contribution in [3.05, 3.63) is 0 Å². The minimum Gasteiger partial charge on any atom is -0.351 e. The Morgan fingerprint density at radius 2 is 1.82 bits per heavy atom. The molecular formula is C7H13BrO3. The molecule has 0 aliphatic heterocycles. The molecule has 66 valence electrons. The molecule has 0 radical (unpaired) electrons. The van der Waals surface area contributed by atoms with Crippen LogP contribution in [0, 0.1) is 0 Å². The number of hydrogen-bond donors (Lipinski definition) is 0. The highest BCUT2D eigenvalue weighted by atomic mass is 79.9. The van der Waals surface area contributed by atoms with Gasteiger partial charge < -0.3 is 14.3 Å². The zero-order valence-electron chi connectivity index (χ0n) is 6.75. The van der Waals surface area contributed by atoms with Gasteiger partial charge in [0.1, 0.15) is 11.1 Å². The van der Waals surface area contributed by atoms with Crippen LogP contribution in [0.2, 0.25) is 0 Å². The first-order chi connectivity index (χ1) is 5.26. The number of carbonyl (C=O) groups is 1. The van der Waals surface area contributed by atoms with Gasteiger partial charge in [-0.05, 0) is 13.8 Å². The van der Waals surface area contributed by atoms with E-state index in [0.717, 1.165) is 6.29 Å². The molecule has 0 saturated carbocycles. The highest BCUT2D eigenvalue weighted by Gasteiger charge is 2.17. The van der Waals surface area contributed by atoms with Gasteiger partial charge in [-0.25, -0.2) is 0 Å². The van der Waals surface area contributed by atoms with E-state index >= 15 is 0 Å². The molecule has 0 spiro atoms. The van der Waals surface area contributed by atoms with E-state index in [2.05, 4.69) is 15.9 Å². The van der Waals surface area contributed by atoms with E-state index in [0.29, 0.717) is 13.2 Å². The highest BCUT2D eigenvalue weighted by molar-refractivity contribution is 9.10. The molecular weight excluding hydrogens is 212 g/mol. The maximum absolute atomic E-state index is 10.3. The maximum atomic E-state index is 10.3. The summed E-state index contributed by atoms with van der Waals surface area (Å²) < 4.78 is 10.3. The number of ether oxygens (including phenoxy) is 2. The third kappa shape index (κ3) is 4.50. The predicted octanol–water partition coefficient (Wildman–Crippen LogP) is 1.35. The highest BCUT2D eigenvalue weighted by Crippen LogP contribution is 2.08. The van der Waals surface area contributed by atoms with Crippen LogP contribution in [0.25, 0.3) is 0 Å². The maximum Gasteiger partial charge on any atom is 0.176 e. The van der Waals surface area contributed by atoms with E-state index in [1.807, 2.05) is 13.8 Å². The Kier molecular flexibility index (Phi) is 6.80. The summed E-state index contributed by atoms with van der Waals surface area (Å²) >= 11 is 3.13. The number of hydrogen-bond acceptors (Lipinski definition) is 3. The molecule has 0 saturated heterocycles. The van der Waals surface area contributed by atoms with Crippen molar-refractivity contribution >= 4 is 22.2 Å². The summed E-state index contributed by atoms with van der Waals surface area (Å²) in [5.74, 6) is 0. The number of aldehydes is 1. The Balaban J connectivity index is 3.75. The van der Waals surface area contributed by atoms with Crippen LogP contribution >= 0.6 is 15.9 Å². The average molecular weight is 225 g/mol. The van der Waals surface area contributed by atoms with Crippen LogP contribution in [0.5, 0.6) is 0 Å². The van der Waals surface area contributed by atoms with Crippen molar-refractivity contribution in [3.63, 3.8) is 0 Å². The first-order valence-electron chi connectivity index (χ1n) is 3.58. The van der Waals surface area contributed by atoms with Gasteiger partial charge in [0.05, 0.1) is 0 Å². The quantitative estimate of drug-likeness (QED) is 0.389. The summed E-state index contributed by atoms with van der Waals surface area (Å²) in [6.45, 7) is 4.80. The first kappa shape index (κ1) is 11.1. The second-order valence-electron chi connectivity index (χ2n) is 1.86. The number of carbonyl (C=O) groups excluding carboxylic acids is 1. The summed E-state index contributed by atoms with van der Waals surface area (Å²) in [4.78, 5) is 9.92. The Labute approximate surface area is 75.2 Å². The van der Waals surface area contributed by atoms with Crippen LogP contribution in [0.15, 0.2) is 0 Å². The van der Waals surface area contributed by atoms with Gasteiger partial charge >= 0.3 is 0 Å². The number of alkyl halides is 1. The lowest BCUT2D eigenvalue weighted by atomic mass is 10.4. The van der Waals surface area contributed by atoms with E-state index in [-0.39, 0.29) is 4.83 Å². The summed E-state index contributed by atoms with van der Waals surface area (Å²) in [5.41, 5.74) is 0. The van der Waals surface area contributed by atoms with Gasteiger partial charge in [0, 0.05) is 13.2 Å². The average Bonchev–Trinajstić information content (AvgIpc) is 2.03. The van der Waals surface area contributed by atoms with Gasteiger partial charge in [0.15, 0.2) is 6.29 Å². The molecule has 0 rings (SSSR count). The minimum atomic E-state index is -0.456. The van der Waals surface area contributed by atoms with Gasteiger partial charge in [-0.15, -0.1) is 0 Å². The van der Waals surface area contributed by atoms with Crippen LogP contribution in [0.4, 0.5) is 0 Å². The number of halogens is 1. The number of rotatable bonds is 6. The summed E-state index contributed by atoms with van der Waals surface area (Å²) in [7, 11) is 0. The molecule has 11 heavy (non-hydrogen) atoms. The van der Waals surface area contributed by atoms with Crippen LogP contribution < -0.4 is 0 Å². The van der Waals surface area contributed by atoms with Crippen molar-refractivity contribution in [1.29, 1.82) is 0 Å². The van der Waals surface area contributed by atoms with E-state index in [1.165, 1.54) is 0 Å². The Bertz CT molecular complexity index is 102. The lowest BCUT2D eigenvalue weighted by Gasteiger charge is -2.17. The fourth-order valence-corrected chi connectivity index (χ4v) is 0.930. The first-order valence-corrected chi connectivity index (χ1v) is 4.50. The van der Waals surface area contributed by atoms with Crippen molar-refractivity contribution in [2.75, 3.05) is 13.2 Å². The van der Waals surface area contributed by atoms with Crippen LogP contribution in [0.3, 0.4) is 0 Å². The van der Waals surface area contributed by atoms with Crippen molar-refractivity contribution in [2.45, 2.75) is 25.0 Å². The summed E-state index contributed by atoms with van der Waals surface area (Å²) in [6, 6.07) is 0. The topological polar surface area (TPSA) is 35.5 Å². The minimum absolute atomic E-state index is 0.373. The molecule has 4 heteroatoms. The molecule has 0 heterocycles. The smallest absolute Gasteiger partial charge is 0.176 e. The predicted molar refractivity (Wildman–Crippen MR) is 45.8 cm³/mol. The van der Waals surface area contributed by atoms with Crippen molar-refractivity contribution in [3.8, 4) is 0 Å². The zero-order valence-corrected chi connectivity index (χ0v) is 8.33. The second-order valence-corrected chi connectivity index (χ2v) is 2.92.